The molecule has 2 aromatic carbocycles. The number of hydrogen-bond acceptors (Lipinski definition) is 4. The highest BCUT2D eigenvalue weighted by molar-refractivity contribution is 7.90. The largest absolute Gasteiger partial charge is 0.326 e. The Kier molecular flexibility index (Phi) is 7.63. The Bertz CT molecular complexity index is 981. The van der Waals surface area contributed by atoms with Crippen LogP contribution in [0.15, 0.2) is 58.4 Å². The highest BCUT2D eigenvalue weighted by Gasteiger charge is 2.17. The normalized spacial score (nSPS) is 14.5. The Balaban J connectivity index is 1.54. The average molecular weight is 428 g/mol. The molecule has 1 aliphatic rings. The first-order valence-electron chi connectivity index (χ1n) is 10.5. The van der Waals surface area contributed by atoms with Crippen molar-refractivity contribution in [3.05, 3.63) is 59.7 Å². The number of amides is 1. The fourth-order valence-electron chi connectivity index (χ4n) is 3.31. The van der Waals surface area contributed by atoms with Gasteiger partial charge in [0, 0.05) is 25.1 Å². The van der Waals surface area contributed by atoms with E-state index < -0.39 is 10.0 Å². The van der Waals surface area contributed by atoms with Gasteiger partial charge in [0.25, 0.3) is 10.0 Å². The minimum Gasteiger partial charge on any atom is -0.326 e. The van der Waals surface area contributed by atoms with Crippen molar-refractivity contribution in [2.75, 3.05) is 11.9 Å². The zero-order chi connectivity index (χ0) is 21.4. The highest BCUT2D eigenvalue weighted by Crippen LogP contribution is 2.16. The van der Waals surface area contributed by atoms with Crippen molar-refractivity contribution >= 4 is 27.5 Å². The average Bonchev–Trinajstić information content (AvgIpc) is 3.01. The summed E-state index contributed by atoms with van der Waals surface area (Å²) < 4.78 is 27.7. The van der Waals surface area contributed by atoms with Crippen molar-refractivity contribution < 1.29 is 13.2 Å². The first-order valence-corrected chi connectivity index (χ1v) is 12.0. The van der Waals surface area contributed by atoms with Gasteiger partial charge >= 0.3 is 0 Å². The molecule has 0 saturated carbocycles. The van der Waals surface area contributed by atoms with Crippen molar-refractivity contribution in [2.24, 2.45) is 4.99 Å². The predicted octanol–water partition coefficient (Wildman–Crippen LogP) is 4.07. The van der Waals surface area contributed by atoms with Crippen molar-refractivity contribution in [1.29, 1.82) is 0 Å². The third kappa shape index (κ3) is 6.42. The van der Waals surface area contributed by atoms with Crippen LogP contribution in [0.5, 0.6) is 0 Å². The number of aliphatic imine (C=N–C) groups is 1. The minimum atomic E-state index is -3.67. The van der Waals surface area contributed by atoms with Crippen LogP contribution < -0.4 is 10.0 Å². The van der Waals surface area contributed by atoms with Crippen LogP contribution in [-0.2, 0) is 27.7 Å². The second-order valence-electron chi connectivity index (χ2n) is 7.49. The Morgan fingerprint density at radius 1 is 0.967 bits per heavy atom. The summed E-state index contributed by atoms with van der Waals surface area (Å²) in [6.45, 7) is 2.77. The molecule has 30 heavy (non-hydrogen) atoms. The number of rotatable bonds is 7. The molecular formula is C23H29N3O3S. The van der Waals surface area contributed by atoms with Crippen LogP contribution in [0, 0.1) is 0 Å². The van der Waals surface area contributed by atoms with Crippen LogP contribution in [0.3, 0.4) is 0 Å². The molecule has 0 aromatic heterocycles. The van der Waals surface area contributed by atoms with Crippen molar-refractivity contribution in [2.45, 2.75) is 56.8 Å². The second kappa shape index (κ2) is 10.4. The summed E-state index contributed by atoms with van der Waals surface area (Å²) in [6, 6.07) is 14.5. The molecule has 0 saturated heterocycles. The molecule has 0 aliphatic carbocycles. The predicted molar refractivity (Wildman–Crippen MR) is 120 cm³/mol. The number of anilines is 1. The molecule has 7 heteroatoms. The number of sulfonamides is 1. The van der Waals surface area contributed by atoms with E-state index in [0.717, 1.165) is 31.2 Å². The maximum Gasteiger partial charge on any atom is 0.262 e. The molecule has 0 radical (unpaired) electrons. The van der Waals surface area contributed by atoms with Crippen molar-refractivity contribution in [3.63, 3.8) is 0 Å². The lowest BCUT2D eigenvalue weighted by Gasteiger charge is -2.11. The molecule has 2 N–H and O–H groups in total. The molecule has 1 amide bonds. The Morgan fingerprint density at radius 3 is 2.37 bits per heavy atom. The molecule has 0 bridgehead atoms. The molecule has 0 unspecified atom stereocenters. The summed E-state index contributed by atoms with van der Waals surface area (Å²) in [5, 5.41) is 2.83. The summed E-state index contributed by atoms with van der Waals surface area (Å²) >= 11 is 0. The zero-order valence-corrected chi connectivity index (χ0v) is 18.2. The van der Waals surface area contributed by atoms with Crippen molar-refractivity contribution in [3.8, 4) is 0 Å². The van der Waals surface area contributed by atoms with E-state index in [-0.39, 0.29) is 10.8 Å². The summed E-state index contributed by atoms with van der Waals surface area (Å²) in [7, 11) is -3.67. The molecule has 160 valence electrons. The van der Waals surface area contributed by atoms with Crippen LogP contribution in [0.25, 0.3) is 0 Å². The molecule has 1 heterocycles. The van der Waals surface area contributed by atoms with Gasteiger partial charge in [0.1, 0.15) is 5.84 Å². The Hall–Kier alpha value is -2.67. The maximum atomic E-state index is 12.6. The lowest BCUT2D eigenvalue weighted by atomic mass is 10.1. The number of benzene rings is 2. The molecule has 3 rings (SSSR count). The van der Waals surface area contributed by atoms with Gasteiger partial charge in [-0.3, -0.25) is 14.5 Å². The van der Waals surface area contributed by atoms with Gasteiger partial charge in [0.05, 0.1) is 4.90 Å². The number of nitrogens with zero attached hydrogens (tertiary/aromatic N) is 1. The minimum absolute atomic E-state index is 0.101. The van der Waals surface area contributed by atoms with Gasteiger partial charge in [-0.1, -0.05) is 37.6 Å². The molecular weight excluding hydrogens is 398 g/mol. The number of aryl methyl sites for hydroxylation is 2. The SMILES string of the molecule is CCc1ccc(CCC(=O)Nc2ccc(S(=O)(=O)NC3=NCCCCC3)cc2)cc1. The van der Waals surface area contributed by atoms with E-state index in [9.17, 15) is 13.2 Å². The first-order chi connectivity index (χ1) is 14.5. The van der Waals surface area contributed by atoms with Crippen LogP contribution >= 0.6 is 0 Å². The summed E-state index contributed by atoms with van der Waals surface area (Å²) in [4.78, 5) is 16.7. The van der Waals surface area contributed by atoms with E-state index >= 15 is 0 Å². The van der Waals surface area contributed by atoms with Crippen LogP contribution in [0.1, 0.15) is 50.2 Å². The molecule has 6 nitrogen and oxygen atoms in total. The van der Waals surface area contributed by atoms with Gasteiger partial charge in [-0.25, -0.2) is 8.42 Å². The van der Waals surface area contributed by atoms with E-state index in [1.165, 1.54) is 17.7 Å². The van der Waals surface area contributed by atoms with Gasteiger partial charge in [-0.2, -0.15) is 0 Å². The number of nitrogens with one attached hydrogen (secondary N) is 2. The smallest absolute Gasteiger partial charge is 0.262 e. The molecule has 0 spiro atoms. The standard InChI is InChI=1S/C23H29N3O3S/c1-2-18-7-9-19(10-8-18)11-16-23(27)25-20-12-14-21(15-13-20)30(28,29)26-22-6-4-3-5-17-24-22/h7-10,12-15H,2-6,11,16-17H2,1H3,(H,24,26)(H,25,27). The van der Waals surface area contributed by atoms with Gasteiger partial charge in [0.15, 0.2) is 0 Å². The molecule has 2 aromatic rings. The van der Waals surface area contributed by atoms with Crippen LogP contribution in [0.4, 0.5) is 5.69 Å². The van der Waals surface area contributed by atoms with Crippen molar-refractivity contribution in [1.82, 2.24) is 4.72 Å². The molecule has 0 atom stereocenters. The quantitative estimate of drug-likeness (QED) is 0.698. The molecule has 0 fully saturated rings. The Morgan fingerprint density at radius 2 is 1.67 bits per heavy atom. The topological polar surface area (TPSA) is 87.6 Å². The Labute approximate surface area is 178 Å². The number of carbonyl (C=O) groups is 1. The van der Waals surface area contributed by atoms with Gasteiger partial charge in [-0.05, 0) is 61.1 Å². The van der Waals surface area contributed by atoms with E-state index in [2.05, 4.69) is 46.2 Å². The van der Waals surface area contributed by atoms with E-state index in [4.69, 9.17) is 0 Å². The van der Waals surface area contributed by atoms with Crippen LogP contribution in [-0.4, -0.2) is 26.7 Å². The fourth-order valence-corrected chi connectivity index (χ4v) is 4.40. The fraction of sp³-hybridized carbons (Fsp3) is 0.391. The zero-order valence-electron chi connectivity index (χ0n) is 17.4. The third-order valence-corrected chi connectivity index (χ3v) is 6.54. The number of hydrogen-bond donors (Lipinski definition) is 2. The first kappa shape index (κ1) is 22.0. The van der Waals surface area contributed by atoms with E-state index in [1.54, 1.807) is 12.1 Å². The number of amidine groups is 1. The van der Waals surface area contributed by atoms with E-state index in [1.807, 2.05) is 0 Å². The summed E-state index contributed by atoms with van der Waals surface area (Å²) in [5.41, 5.74) is 2.97. The van der Waals surface area contributed by atoms with Crippen LogP contribution in [0.2, 0.25) is 0 Å². The third-order valence-electron chi connectivity index (χ3n) is 5.15. The van der Waals surface area contributed by atoms with Gasteiger partial charge in [0.2, 0.25) is 5.91 Å². The van der Waals surface area contributed by atoms with E-state index in [0.29, 0.717) is 37.3 Å². The maximum absolute atomic E-state index is 12.6. The lowest BCUT2D eigenvalue weighted by molar-refractivity contribution is -0.116. The summed E-state index contributed by atoms with van der Waals surface area (Å²) in [5.74, 6) is 0.424. The highest BCUT2D eigenvalue weighted by atomic mass is 32.2. The molecule has 1 aliphatic heterocycles. The van der Waals surface area contributed by atoms with Gasteiger partial charge < -0.3 is 5.32 Å². The summed E-state index contributed by atoms with van der Waals surface area (Å²) in [6.07, 6.45) is 5.66. The monoisotopic (exact) mass is 427 g/mol. The second-order valence-corrected chi connectivity index (χ2v) is 9.17. The lowest BCUT2D eigenvalue weighted by Crippen LogP contribution is -2.30. The number of carbonyl (C=O) groups excluding carboxylic acids is 1. The van der Waals surface area contributed by atoms with Gasteiger partial charge in [-0.15, -0.1) is 0 Å².